The summed E-state index contributed by atoms with van der Waals surface area (Å²) >= 11 is 0. The van der Waals surface area contributed by atoms with E-state index in [1.54, 1.807) is 0 Å². The largest absolute Gasteiger partial charge is 0.378 e. The Bertz CT molecular complexity index is 91.6. The second-order valence-corrected chi connectivity index (χ2v) is 2.11. The van der Waals surface area contributed by atoms with Crippen molar-refractivity contribution in [3.8, 4) is 0 Å². The summed E-state index contributed by atoms with van der Waals surface area (Å²) in [7, 11) is 0. The van der Waals surface area contributed by atoms with Gasteiger partial charge in [-0.15, -0.1) is 0 Å². The average molecular weight is 180 g/mol. The quantitative estimate of drug-likeness (QED) is 0.330. The van der Waals surface area contributed by atoms with Crippen molar-refractivity contribution in [2.45, 2.75) is 0 Å². The molecular weight excluding hydrogens is 164 g/mol. The van der Waals surface area contributed by atoms with E-state index in [2.05, 4.69) is 0 Å². The van der Waals surface area contributed by atoms with Crippen LogP contribution in [0.4, 0.5) is 0 Å². The molecule has 0 saturated heterocycles. The third-order valence-electron chi connectivity index (χ3n) is 1.07. The Balaban J connectivity index is 2.82. The van der Waals surface area contributed by atoms with Gasteiger partial charge in [0, 0.05) is 6.54 Å². The summed E-state index contributed by atoms with van der Waals surface area (Å²) < 4.78 is 9.96. The number of hydrogen-bond acceptors (Lipinski definition) is 6. The predicted molar refractivity (Wildman–Crippen MR) is 41.0 cm³/mol. The molecule has 0 rings (SSSR count). The van der Waals surface area contributed by atoms with Crippen molar-refractivity contribution >= 4 is 0 Å². The normalized spacial score (nSPS) is 11.0. The van der Waals surface area contributed by atoms with Crippen molar-refractivity contribution in [1.29, 1.82) is 0 Å². The van der Waals surface area contributed by atoms with E-state index >= 15 is 0 Å². The lowest BCUT2D eigenvalue weighted by Gasteiger charge is -2.06. The molecule has 6 nitrogen and oxygen atoms in total. The van der Waals surface area contributed by atoms with Gasteiger partial charge in [-0.3, -0.25) is 10.4 Å². The Labute approximate surface area is 71.4 Å². The SMILES string of the molecule is NCCOCCOCCN(O)O. The fourth-order valence-electron chi connectivity index (χ4n) is 0.552. The lowest BCUT2D eigenvalue weighted by atomic mass is 10.7. The number of nitrogens with two attached hydrogens (primary N) is 1. The molecule has 0 spiro atoms. The highest BCUT2D eigenvalue weighted by Crippen LogP contribution is 1.79. The van der Waals surface area contributed by atoms with Gasteiger partial charge in [0.1, 0.15) is 0 Å². The maximum atomic E-state index is 8.25. The zero-order valence-electron chi connectivity index (χ0n) is 6.98. The Morgan fingerprint density at radius 1 is 1.00 bits per heavy atom. The van der Waals surface area contributed by atoms with E-state index in [9.17, 15) is 0 Å². The molecular formula is C6H16N2O4. The van der Waals surface area contributed by atoms with Crippen LogP contribution in [-0.2, 0) is 9.47 Å². The van der Waals surface area contributed by atoms with Crippen LogP contribution in [0.3, 0.4) is 0 Å². The Morgan fingerprint density at radius 2 is 1.58 bits per heavy atom. The zero-order valence-corrected chi connectivity index (χ0v) is 6.98. The van der Waals surface area contributed by atoms with Gasteiger partial charge in [-0.2, -0.15) is 0 Å². The number of ether oxygens (including phenoxy) is 2. The van der Waals surface area contributed by atoms with Gasteiger partial charge in [0.2, 0.25) is 0 Å². The minimum atomic E-state index is 0.0664. The molecule has 12 heavy (non-hydrogen) atoms. The fraction of sp³-hybridized carbons (Fsp3) is 1.00. The maximum Gasteiger partial charge on any atom is 0.0747 e. The van der Waals surface area contributed by atoms with Gasteiger partial charge in [0.25, 0.3) is 0 Å². The Hall–Kier alpha value is -0.240. The number of hydroxylamine groups is 2. The zero-order chi connectivity index (χ0) is 9.23. The topological polar surface area (TPSA) is 88.2 Å². The maximum absolute atomic E-state index is 8.25. The lowest BCUT2D eigenvalue weighted by Crippen LogP contribution is -2.20. The molecule has 0 aliphatic heterocycles. The van der Waals surface area contributed by atoms with Crippen LogP contribution in [0.25, 0.3) is 0 Å². The summed E-state index contributed by atoms with van der Waals surface area (Å²) in [4.78, 5) is 0. The molecule has 74 valence electrons. The summed E-state index contributed by atoms with van der Waals surface area (Å²) in [5, 5.41) is 16.6. The molecule has 0 aliphatic carbocycles. The van der Waals surface area contributed by atoms with E-state index in [0.29, 0.717) is 26.4 Å². The van der Waals surface area contributed by atoms with Crippen LogP contribution in [0.5, 0.6) is 0 Å². The minimum absolute atomic E-state index is 0.0664. The van der Waals surface area contributed by atoms with Crippen LogP contribution in [0.1, 0.15) is 0 Å². The van der Waals surface area contributed by atoms with Gasteiger partial charge >= 0.3 is 0 Å². The van der Waals surface area contributed by atoms with E-state index in [-0.39, 0.29) is 18.4 Å². The van der Waals surface area contributed by atoms with Crippen molar-refractivity contribution in [2.75, 3.05) is 39.5 Å². The van der Waals surface area contributed by atoms with Gasteiger partial charge in [-0.05, 0) is 0 Å². The van der Waals surface area contributed by atoms with Crippen LogP contribution in [-0.4, -0.2) is 55.2 Å². The van der Waals surface area contributed by atoms with Crippen LogP contribution < -0.4 is 5.73 Å². The van der Waals surface area contributed by atoms with Crippen LogP contribution in [0.2, 0.25) is 0 Å². The Morgan fingerprint density at radius 3 is 2.08 bits per heavy atom. The first-order valence-electron chi connectivity index (χ1n) is 3.78. The summed E-state index contributed by atoms with van der Waals surface area (Å²) in [6.07, 6.45) is 0. The molecule has 0 aromatic heterocycles. The highest BCUT2D eigenvalue weighted by atomic mass is 16.8. The third kappa shape index (κ3) is 9.76. The smallest absolute Gasteiger partial charge is 0.0747 e. The van der Waals surface area contributed by atoms with Gasteiger partial charge in [0.15, 0.2) is 0 Å². The highest BCUT2D eigenvalue weighted by molar-refractivity contribution is 4.34. The van der Waals surface area contributed by atoms with E-state index in [4.69, 9.17) is 25.6 Å². The van der Waals surface area contributed by atoms with Crippen molar-refractivity contribution in [1.82, 2.24) is 5.23 Å². The Kier molecular flexibility index (Phi) is 8.68. The fourth-order valence-corrected chi connectivity index (χ4v) is 0.552. The molecule has 4 N–H and O–H groups in total. The van der Waals surface area contributed by atoms with E-state index in [1.807, 2.05) is 0 Å². The molecule has 0 heterocycles. The molecule has 0 radical (unpaired) electrons. The van der Waals surface area contributed by atoms with Crippen molar-refractivity contribution in [2.24, 2.45) is 5.73 Å². The first-order chi connectivity index (χ1) is 5.77. The summed E-state index contributed by atoms with van der Waals surface area (Å²) in [6.45, 7) is 2.27. The second kappa shape index (κ2) is 8.85. The molecule has 0 fully saturated rings. The summed E-state index contributed by atoms with van der Waals surface area (Å²) in [6, 6.07) is 0. The average Bonchev–Trinajstić information content (AvgIpc) is 2.02. The molecule has 0 amide bonds. The van der Waals surface area contributed by atoms with Crippen LogP contribution in [0, 0.1) is 0 Å². The van der Waals surface area contributed by atoms with E-state index < -0.39 is 0 Å². The van der Waals surface area contributed by atoms with Crippen molar-refractivity contribution in [3.05, 3.63) is 0 Å². The molecule has 6 heteroatoms. The van der Waals surface area contributed by atoms with Crippen molar-refractivity contribution < 1.29 is 19.9 Å². The van der Waals surface area contributed by atoms with Gasteiger partial charge in [0.05, 0.1) is 33.0 Å². The number of rotatable bonds is 8. The first-order valence-corrected chi connectivity index (χ1v) is 3.78. The molecule has 0 aromatic carbocycles. The predicted octanol–water partition coefficient (Wildman–Crippen LogP) is -0.941. The highest BCUT2D eigenvalue weighted by Gasteiger charge is 1.93. The van der Waals surface area contributed by atoms with E-state index in [0.717, 1.165) is 0 Å². The number of hydrogen-bond donors (Lipinski definition) is 3. The van der Waals surface area contributed by atoms with Crippen LogP contribution in [0.15, 0.2) is 0 Å². The second-order valence-electron chi connectivity index (χ2n) is 2.11. The third-order valence-corrected chi connectivity index (χ3v) is 1.07. The van der Waals surface area contributed by atoms with Crippen molar-refractivity contribution in [3.63, 3.8) is 0 Å². The molecule has 0 unspecified atom stereocenters. The lowest BCUT2D eigenvalue weighted by molar-refractivity contribution is -0.310. The minimum Gasteiger partial charge on any atom is -0.378 e. The van der Waals surface area contributed by atoms with Crippen LogP contribution >= 0.6 is 0 Å². The molecule has 0 aromatic rings. The summed E-state index contributed by atoms with van der Waals surface area (Å²) in [5.74, 6) is 0. The molecule has 0 aliphatic rings. The number of nitrogens with zero attached hydrogens (tertiary/aromatic N) is 1. The first kappa shape index (κ1) is 11.8. The monoisotopic (exact) mass is 180 g/mol. The molecule has 0 atom stereocenters. The summed E-state index contributed by atoms with van der Waals surface area (Å²) in [5.41, 5.74) is 5.17. The van der Waals surface area contributed by atoms with Gasteiger partial charge < -0.3 is 15.2 Å². The van der Waals surface area contributed by atoms with E-state index in [1.165, 1.54) is 0 Å². The van der Waals surface area contributed by atoms with Gasteiger partial charge in [-0.25, -0.2) is 0 Å². The standard InChI is InChI=1S/C6H16N2O4/c7-1-3-11-5-6-12-4-2-8(9)10/h9-10H,1-7H2. The molecule has 0 saturated carbocycles. The molecule has 0 bridgehead atoms. The van der Waals surface area contributed by atoms with Gasteiger partial charge in [-0.1, -0.05) is 5.23 Å².